The molecule has 0 radical (unpaired) electrons. The van der Waals surface area contributed by atoms with Crippen LogP contribution >= 0.6 is 0 Å². The molecule has 0 saturated carbocycles. The number of carbonyl (C=O) groups excluding carboxylic acids is 2. The summed E-state index contributed by atoms with van der Waals surface area (Å²) < 4.78 is 5.17. The summed E-state index contributed by atoms with van der Waals surface area (Å²) in [5, 5.41) is 3.14. The van der Waals surface area contributed by atoms with E-state index in [4.69, 9.17) is 4.74 Å². The third-order valence-electron chi connectivity index (χ3n) is 6.27. The molecule has 1 fully saturated rings. The van der Waals surface area contributed by atoms with Crippen molar-refractivity contribution in [2.75, 3.05) is 13.7 Å². The Hall–Kier alpha value is -3.08. The quantitative estimate of drug-likeness (QED) is 0.781. The number of hydrogen-bond acceptors (Lipinski definition) is 3. The van der Waals surface area contributed by atoms with E-state index in [1.807, 2.05) is 23.1 Å². The van der Waals surface area contributed by atoms with E-state index in [0.717, 1.165) is 42.7 Å². The van der Waals surface area contributed by atoms with Crippen molar-refractivity contribution >= 4 is 11.8 Å². The summed E-state index contributed by atoms with van der Waals surface area (Å²) in [7, 11) is 1.61. The van der Waals surface area contributed by atoms with Gasteiger partial charge in [0.2, 0.25) is 5.91 Å². The smallest absolute Gasteiger partial charge is 0.251 e. The van der Waals surface area contributed by atoms with Gasteiger partial charge in [-0.3, -0.25) is 9.59 Å². The molecule has 1 saturated heterocycles. The highest BCUT2D eigenvalue weighted by Crippen LogP contribution is 2.46. The van der Waals surface area contributed by atoms with Gasteiger partial charge in [0.1, 0.15) is 5.75 Å². The van der Waals surface area contributed by atoms with Gasteiger partial charge >= 0.3 is 0 Å². The van der Waals surface area contributed by atoms with Crippen LogP contribution in [0.5, 0.6) is 5.75 Å². The molecule has 156 valence electrons. The maximum absolute atomic E-state index is 12.8. The molecule has 1 unspecified atom stereocenters. The number of hydrogen-bond donors (Lipinski definition) is 1. The fourth-order valence-corrected chi connectivity index (χ4v) is 4.59. The van der Waals surface area contributed by atoms with Gasteiger partial charge in [-0.25, -0.2) is 0 Å². The van der Waals surface area contributed by atoms with E-state index < -0.39 is 0 Å². The first-order chi connectivity index (χ1) is 14.6. The van der Waals surface area contributed by atoms with Gasteiger partial charge in [-0.1, -0.05) is 36.4 Å². The van der Waals surface area contributed by atoms with E-state index in [-0.39, 0.29) is 17.2 Å². The Labute approximate surface area is 177 Å². The highest BCUT2D eigenvalue weighted by Gasteiger charge is 2.44. The van der Waals surface area contributed by atoms with Crippen molar-refractivity contribution in [3.05, 3.63) is 77.5 Å². The number of benzene rings is 2. The van der Waals surface area contributed by atoms with Crippen LogP contribution in [-0.2, 0) is 11.3 Å². The van der Waals surface area contributed by atoms with Gasteiger partial charge in [-0.15, -0.1) is 0 Å². The third-order valence-corrected chi connectivity index (χ3v) is 6.27. The molecule has 1 heterocycles. The maximum Gasteiger partial charge on any atom is 0.251 e. The maximum atomic E-state index is 12.8. The first kappa shape index (κ1) is 20.2. The molecule has 2 aromatic rings. The molecule has 2 aliphatic rings. The van der Waals surface area contributed by atoms with Crippen molar-refractivity contribution in [2.45, 2.75) is 38.6 Å². The number of amides is 2. The molecule has 1 N–H and O–H groups in total. The predicted octanol–water partition coefficient (Wildman–Crippen LogP) is 4.30. The first-order valence-electron chi connectivity index (χ1n) is 10.6. The van der Waals surface area contributed by atoms with Crippen LogP contribution in [0.25, 0.3) is 0 Å². The second-order valence-corrected chi connectivity index (χ2v) is 8.14. The van der Waals surface area contributed by atoms with E-state index >= 15 is 0 Å². The summed E-state index contributed by atoms with van der Waals surface area (Å²) in [4.78, 5) is 27.5. The number of nitrogens with one attached hydrogen (secondary N) is 1. The molecule has 0 aromatic heterocycles. The molecule has 1 atom stereocenters. The van der Waals surface area contributed by atoms with E-state index in [1.54, 1.807) is 31.4 Å². The van der Waals surface area contributed by atoms with Gasteiger partial charge in [-0.05, 0) is 55.5 Å². The lowest BCUT2D eigenvalue weighted by atomic mass is 9.69. The molecule has 5 nitrogen and oxygen atoms in total. The SMILES string of the molecule is COc1ccc(C(=O)NCC23CCCC=C2N(Cc2ccccc2)C(=O)CC3)cc1. The number of likely N-dealkylation sites (tertiary alicyclic amines) is 1. The summed E-state index contributed by atoms with van der Waals surface area (Å²) in [6, 6.07) is 17.2. The Morgan fingerprint density at radius 1 is 1.10 bits per heavy atom. The van der Waals surface area contributed by atoms with Crippen molar-refractivity contribution in [2.24, 2.45) is 5.41 Å². The lowest BCUT2D eigenvalue weighted by molar-refractivity contribution is -0.134. The molecule has 2 amide bonds. The van der Waals surface area contributed by atoms with Crippen LogP contribution in [0.3, 0.4) is 0 Å². The van der Waals surface area contributed by atoms with Crippen molar-refractivity contribution < 1.29 is 14.3 Å². The Morgan fingerprint density at radius 3 is 2.60 bits per heavy atom. The fourth-order valence-electron chi connectivity index (χ4n) is 4.59. The zero-order valence-electron chi connectivity index (χ0n) is 17.4. The Balaban J connectivity index is 1.51. The van der Waals surface area contributed by atoms with Crippen molar-refractivity contribution in [3.8, 4) is 5.75 Å². The van der Waals surface area contributed by atoms with E-state index in [0.29, 0.717) is 25.1 Å². The van der Waals surface area contributed by atoms with Gasteiger partial charge in [0.05, 0.1) is 13.7 Å². The van der Waals surface area contributed by atoms with E-state index in [2.05, 4.69) is 23.5 Å². The molecule has 0 spiro atoms. The molecule has 1 aliphatic heterocycles. The number of carbonyl (C=O) groups is 2. The predicted molar refractivity (Wildman–Crippen MR) is 116 cm³/mol. The van der Waals surface area contributed by atoms with Crippen molar-refractivity contribution in [3.63, 3.8) is 0 Å². The van der Waals surface area contributed by atoms with Crippen LogP contribution in [-0.4, -0.2) is 30.4 Å². The summed E-state index contributed by atoms with van der Waals surface area (Å²) in [6.45, 7) is 1.13. The van der Waals surface area contributed by atoms with E-state index in [9.17, 15) is 9.59 Å². The fraction of sp³-hybridized carbons (Fsp3) is 0.360. The highest BCUT2D eigenvalue weighted by molar-refractivity contribution is 5.94. The third kappa shape index (κ3) is 4.11. The number of rotatable bonds is 6. The monoisotopic (exact) mass is 404 g/mol. The molecular weight excluding hydrogens is 376 g/mol. The number of nitrogens with zero attached hydrogens (tertiary/aromatic N) is 1. The minimum atomic E-state index is -0.178. The van der Waals surface area contributed by atoms with Gasteiger partial charge in [0.15, 0.2) is 0 Å². The standard InChI is InChI=1S/C25H28N2O3/c1-30-21-12-10-20(11-13-21)24(29)26-18-25-15-6-5-9-22(25)27(23(28)14-16-25)17-19-7-3-2-4-8-19/h2-4,7-13H,5-6,14-18H2,1H3,(H,26,29). The second kappa shape index (κ2) is 8.74. The average Bonchev–Trinajstić information content (AvgIpc) is 2.80. The first-order valence-corrected chi connectivity index (χ1v) is 10.6. The molecule has 30 heavy (non-hydrogen) atoms. The Bertz CT molecular complexity index is 937. The summed E-state index contributed by atoms with van der Waals surface area (Å²) in [6.07, 6.45) is 6.55. The van der Waals surface area contributed by atoms with Crippen molar-refractivity contribution in [1.29, 1.82) is 0 Å². The Kier molecular flexibility index (Phi) is 5.88. The number of piperidine rings is 1. The van der Waals surface area contributed by atoms with Gasteiger partial charge in [-0.2, -0.15) is 0 Å². The molecule has 0 bridgehead atoms. The number of ether oxygens (including phenoxy) is 1. The van der Waals surface area contributed by atoms with Crippen LogP contribution in [0.4, 0.5) is 0 Å². The minimum absolute atomic E-state index is 0.0940. The van der Waals surface area contributed by atoms with E-state index in [1.165, 1.54) is 0 Å². The molecule has 2 aromatic carbocycles. The zero-order valence-corrected chi connectivity index (χ0v) is 17.4. The second-order valence-electron chi connectivity index (χ2n) is 8.14. The summed E-state index contributed by atoms with van der Waals surface area (Å²) in [5.41, 5.74) is 2.64. The molecular formula is C25H28N2O3. The van der Waals surface area contributed by atoms with Crippen LogP contribution < -0.4 is 10.1 Å². The molecule has 5 heteroatoms. The highest BCUT2D eigenvalue weighted by atomic mass is 16.5. The zero-order chi connectivity index (χ0) is 21.0. The number of fused-ring (bicyclic) bond motifs is 1. The minimum Gasteiger partial charge on any atom is -0.497 e. The lowest BCUT2D eigenvalue weighted by Gasteiger charge is -2.47. The summed E-state index contributed by atoms with van der Waals surface area (Å²) in [5.74, 6) is 0.803. The molecule has 4 rings (SSSR count). The summed E-state index contributed by atoms with van der Waals surface area (Å²) >= 11 is 0. The van der Waals surface area contributed by atoms with Gasteiger partial charge in [0.25, 0.3) is 5.91 Å². The van der Waals surface area contributed by atoms with Crippen LogP contribution in [0.1, 0.15) is 48.0 Å². The number of allylic oxidation sites excluding steroid dienone is 1. The topological polar surface area (TPSA) is 58.6 Å². The van der Waals surface area contributed by atoms with Crippen LogP contribution in [0, 0.1) is 5.41 Å². The van der Waals surface area contributed by atoms with Gasteiger partial charge in [0, 0.05) is 29.6 Å². The Morgan fingerprint density at radius 2 is 1.87 bits per heavy atom. The van der Waals surface area contributed by atoms with Crippen molar-refractivity contribution in [1.82, 2.24) is 10.2 Å². The van der Waals surface area contributed by atoms with Crippen LogP contribution in [0.15, 0.2) is 66.4 Å². The largest absolute Gasteiger partial charge is 0.497 e. The molecule has 1 aliphatic carbocycles. The van der Waals surface area contributed by atoms with Gasteiger partial charge < -0.3 is 15.0 Å². The normalized spacial score (nSPS) is 20.9. The average molecular weight is 405 g/mol. The number of methoxy groups -OCH3 is 1. The van der Waals surface area contributed by atoms with Crippen LogP contribution in [0.2, 0.25) is 0 Å². The lowest BCUT2D eigenvalue weighted by Crippen LogP contribution is -2.50.